The highest BCUT2D eigenvalue weighted by atomic mass is 19.4. The number of hydrogen-bond donors (Lipinski definition) is 0. The molecule has 1 fully saturated rings. The molecular formula is C22H26F3N3O2. The molecule has 162 valence electrons. The van der Waals surface area contributed by atoms with Crippen LogP contribution in [0.1, 0.15) is 35.2 Å². The number of hydrogen-bond acceptors (Lipinski definition) is 5. The van der Waals surface area contributed by atoms with Gasteiger partial charge in [0.15, 0.2) is 5.78 Å². The lowest BCUT2D eigenvalue weighted by Crippen LogP contribution is -2.44. The Morgan fingerprint density at radius 3 is 2.60 bits per heavy atom. The number of carbonyl (C=O) groups is 1. The summed E-state index contributed by atoms with van der Waals surface area (Å²) in [4.78, 5) is 21.5. The van der Waals surface area contributed by atoms with E-state index in [2.05, 4.69) is 21.8 Å². The molecule has 0 spiro atoms. The third-order valence-electron chi connectivity index (χ3n) is 6.25. The maximum absolute atomic E-state index is 13.4. The zero-order valence-corrected chi connectivity index (χ0v) is 17.3. The summed E-state index contributed by atoms with van der Waals surface area (Å²) >= 11 is 0. The number of anilines is 1. The van der Waals surface area contributed by atoms with Crippen molar-refractivity contribution >= 4 is 17.7 Å². The number of aliphatic imine (C=N–C) groups is 1. The molecule has 0 bridgehead atoms. The molecule has 5 nitrogen and oxygen atoms in total. The first kappa shape index (κ1) is 20.9. The number of alkyl halides is 3. The normalized spacial score (nSPS) is 22.6. The van der Waals surface area contributed by atoms with E-state index in [1.807, 2.05) is 6.07 Å². The zero-order chi connectivity index (χ0) is 21.5. The molecule has 30 heavy (non-hydrogen) atoms. The van der Waals surface area contributed by atoms with Gasteiger partial charge in [0.05, 0.1) is 18.4 Å². The van der Waals surface area contributed by atoms with Crippen LogP contribution >= 0.6 is 0 Å². The van der Waals surface area contributed by atoms with Crippen LogP contribution in [-0.4, -0.2) is 63.4 Å². The number of ether oxygens (including phenoxy) is 1. The topological polar surface area (TPSA) is 45.1 Å². The molecule has 3 aliphatic rings. The number of nitrogens with zero attached hydrogens (tertiary/aromatic N) is 3. The number of halogens is 3. The van der Waals surface area contributed by atoms with Gasteiger partial charge in [0.25, 0.3) is 0 Å². The average molecular weight is 421 g/mol. The SMILES string of the molecule is COc1cc2c(cc1N1CCN(C)CC1)CC(CC1=C(C(F)(F)F)CCC=N1)C2=O. The molecule has 0 N–H and O–H groups in total. The summed E-state index contributed by atoms with van der Waals surface area (Å²) in [5, 5.41) is 0. The van der Waals surface area contributed by atoms with Crippen molar-refractivity contribution in [2.24, 2.45) is 10.9 Å². The molecule has 1 aliphatic carbocycles. The van der Waals surface area contributed by atoms with Gasteiger partial charge in [-0.2, -0.15) is 13.2 Å². The van der Waals surface area contributed by atoms with Crippen LogP contribution < -0.4 is 9.64 Å². The van der Waals surface area contributed by atoms with E-state index in [1.165, 1.54) is 6.21 Å². The second kappa shape index (κ2) is 8.06. The van der Waals surface area contributed by atoms with Gasteiger partial charge in [0, 0.05) is 56.0 Å². The molecule has 8 heteroatoms. The fraction of sp³-hybridized carbons (Fsp3) is 0.545. The quantitative estimate of drug-likeness (QED) is 0.741. The number of rotatable bonds is 4. The van der Waals surface area contributed by atoms with Crippen LogP contribution in [0, 0.1) is 5.92 Å². The Morgan fingerprint density at radius 2 is 1.93 bits per heavy atom. The molecule has 1 aromatic rings. The van der Waals surface area contributed by atoms with Gasteiger partial charge < -0.3 is 14.5 Å². The molecule has 0 saturated carbocycles. The molecule has 0 amide bonds. The minimum atomic E-state index is -4.40. The second-order valence-electron chi connectivity index (χ2n) is 8.21. The Hall–Kier alpha value is -2.35. The highest BCUT2D eigenvalue weighted by Gasteiger charge is 2.39. The first-order valence-electron chi connectivity index (χ1n) is 10.3. The van der Waals surface area contributed by atoms with Gasteiger partial charge >= 0.3 is 6.18 Å². The lowest BCUT2D eigenvalue weighted by atomic mass is 9.94. The van der Waals surface area contributed by atoms with E-state index in [0.717, 1.165) is 37.4 Å². The average Bonchev–Trinajstić information content (AvgIpc) is 3.02. The van der Waals surface area contributed by atoms with Crippen molar-refractivity contribution in [1.29, 1.82) is 0 Å². The summed E-state index contributed by atoms with van der Waals surface area (Å²) in [6.45, 7) is 3.60. The van der Waals surface area contributed by atoms with Gasteiger partial charge in [-0.3, -0.25) is 9.79 Å². The summed E-state index contributed by atoms with van der Waals surface area (Å²) in [5.41, 5.74) is 1.80. The van der Waals surface area contributed by atoms with E-state index in [4.69, 9.17) is 4.74 Å². The molecule has 2 aliphatic heterocycles. The number of allylic oxidation sites excluding steroid dienone is 2. The third-order valence-corrected chi connectivity index (χ3v) is 6.25. The number of Topliss-reactive ketones (excluding diaryl/α,β-unsaturated/α-hetero) is 1. The summed E-state index contributed by atoms with van der Waals surface area (Å²) in [7, 11) is 3.66. The first-order chi connectivity index (χ1) is 14.3. The molecule has 1 unspecified atom stereocenters. The molecule has 0 aromatic heterocycles. The monoisotopic (exact) mass is 421 g/mol. The third kappa shape index (κ3) is 3.97. The van der Waals surface area contributed by atoms with Crippen LogP contribution in [0.2, 0.25) is 0 Å². The lowest BCUT2D eigenvalue weighted by molar-refractivity contribution is -0.0951. The van der Waals surface area contributed by atoms with Crippen molar-refractivity contribution in [2.45, 2.75) is 31.9 Å². The van der Waals surface area contributed by atoms with Gasteiger partial charge in [-0.25, -0.2) is 0 Å². The predicted octanol–water partition coefficient (Wildman–Crippen LogP) is 3.87. The van der Waals surface area contributed by atoms with Gasteiger partial charge in [-0.1, -0.05) is 0 Å². The minimum absolute atomic E-state index is 0.00571. The first-order valence-corrected chi connectivity index (χ1v) is 10.3. The van der Waals surface area contributed by atoms with E-state index in [0.29, 0.717) is 17.7 Å². The minimum Gasteiger partial charge on any atom is -0.495 e. The van der Waals surface area contributed by atoms with Crippen molar-refractivity contribution in [1.82, 2.24) is 4.90 Å². The van der Waals surface area contributed by atoms with Crippen molar-refractivity contribution in [3.05, 3.63) is 34.5 Å². The van der Waals surface area contributed by atoms with Gasteiger partial charge in [-0.15, -0.1) is 0 Å². The number of fused-ring (bicyclic) bond motifs is 1. The van der Waals surface area contributed by atoms with Crippen LogP contribution in [0.15, 0.2) is 28.4 Å². The zero-order valence-electron chi connectivity index (χ0n) is 17.3. The molecule has 2 heterocycles. The predicted molar refractivity (Wildman–Crippen MR) is 110 cm³/mol. The Balaban J connectivity index is 1.60. The molecular weight excluding hydrogens is 395 g/mol. The fourth-order valence-electron chi connectivity index (χ4n) is 4.53. The largest absolute Gasteiger partial charge is 0.495 e. The van der Waals surface area contributed by atoms with Gasteiger partial charge in [0.1, 0.15) is 5.75 Å². The maximum atomic E-state index is 13.4. The van der Waals surface area contributed by atoms with Crippen LogP contribution in [0.4, 0.5) is 18.9 Å². The van der Waals surface area contributed by atoms with E-state index in [-0.39, 0.29) is 30.7 Å². The smallest absolute Gasteiger partial charge is 0.414 e. The number of piperazine rings is 1. The van der Waals surface area contributed by atoms with Crippen molar-refractivity contribution in [3.8, 4) is 5.75 Å². The molecule has 1 saturated heterocycles. The van der Waals surface area contributed by atoms with Gasteiger partial charge in [0.2, 0.25) is 0 Å². The number of carbonyl (C=O) groups excluding carboxylic acids is 1. The number of benzene rings is 1. The highest BCUT2D eigenvalue weighted by molar-refractivity contribution is 6.03. The standard InChI is InChI=1S/C22H26F3N3O2/c1-27-6-8-28(9-7-27)19-12-14-10-15(21(29)16(14)13-20(19)30-2)11-18-17(22(23,24)25)4-3-5-26-18/h5,12-13,15H,3-4,6-11H2,1-2H3. The van der Waals surface area contributed by atoms with Crippen molar-refractivity contribution in [3.63, 3.8) is 0 Å². The van der Waals surface area contributed by atoms with Crippen molar-refractivity contribution < 1.29 is 22.7 Å². The summed E-state index contributed by atoms with van der Waals surface area (Å²) in [6.07, 6.45) is -2.22. The Morgan fingerprint density at radius 1 is 1.20 bits per heavy atom. The number of likely N-dealkylation sites (N-methyl/N-ethyl adjacent to an activating group) is 1. The fourth-order valence-corrected chi connectivity index (χ4v) is 4.53. The van der Waals surface area contributed by atoms with E-state index in [1.54, 1.807) is 13.2 Å². The highest BCUT2D eigenvalue weighted by Crippen LogP contribution is 2.41. The second-order valence-corrected chi connectivity index (χ2v) is 8.21. The summed E-state index contributed by atoms with van der Waals surface area (Å²) < 4.78 is 45.7. The Labute approximate surface area is 174 Å². The molecule has 1 aromatic carbocycles. The lowest BCUT2D eigenvalue weighted by Gasteiger charge is -2.35. The van der Waals surface area contributed by atoms with Crippen LogP contribution in [0.25, 0.3) is 0 Å². The van der Waals surface area contributed by atoms with E-state index in [9.17, 15) is 18.0 Å². The maximum Gasteiger partial charge on any atom is 0.414 e. The number of methoxy groups -OCH3 is 1. The summed E-state index contributed by atoms with van der Waals surface area (Å²) in [6, 6.07) is 3.75. The number of ketones is 1. The van der Waals surface area contributed by atoms with Crippen LogP contribution in [0.5, 0.6) is 5.75 Å². The van der Waals surface area contributed by atoms with Gasteiger partial charge in [-0.05, 0) is 44.0 Å². The Kier molecular flexibility index (Phi) is 5.61. The van der Waals surface area contributed by atoms with Crippen LogP contribution in [0.3, 0.4) is 0 Å². The van der Waals surface area contributed by atoms with Crippen LogP contribution in [-0.2, 0) is 6.42 Å². The Bertz CT molecular complexity index is 900. The molecule has 1 atom stereocenters. The summed E-state index contributed by atoms with van der Waals surface area (Å²) in [5.74, 6) is -0.00347. The van der Waals surface area contributed by atoms with E-state index >= 15 is 0 Å². The molecule has 4 rings (SSSR count). The van der Waals surface area contributed by atoms with Crippen molar-refractivity contribution in [2.75, 3.05) is 45.2 Å². The molecule has 0 radical (unpaired) electrons. The van der Waals surface area contributed by atoms with E-state index < -0.39 is 17.7 Å².